The number of hydrogen-bond donors (Lipinski definition) is 4. The molecule has 4 rings (SSSR count). The van der Waals surface area contributed by atoms with Crippen molar-refractivity contribution in [3.05, 3.63) is 54.5 Å². The molecule has 0 aliphatic rings. The standard InChI is InChI=1S/C20H22N9O.C2H6.CH3.Al/c1-27-19(8-16(26-27)13-6-4-3-5-7-13)24-18-9-17(29(22)14(10-21)12-30)15-11-23-28(2)20(15)25-18;1-2;;/h4-11,30H,12,21-22H2,1-2H3,(H,24,25);1-2H3;1H3;/b14-10-;;;. The highest BCUT2D eigenvalue weighted by molar-refractivity contribution is 6.51. The predicted octanol–water partition coefficient (Wildman–Crippen LogP) is 1.99. The molecule has 3 heterocycles. The van der Waals surface area contributed by atoms with E-state index >= 15 is 0 Å². The SMILES string of the molecule is CC.[CH3][Al][c]1ccc(-c2cc(Nc3cc(N(N)/C(=C\N)CO)c4cnn(C)c4n3)n(C)n2)cc1. The first-order valence-electron chi connectivity index (χ1n) is 11.0. The zero-order valence-corrected chi connectivity index (χ0v) is 21.3. The van der Waals surface area contributed by atoms with E-state index in [0.717, 1.165) is 22.5 Å². The number of nitrogens with zero attached hydrogens (tertiary/aromatic N) is 6. The molecule has 177 valence electrons. The Bertz CT molecular complexity index is 1280. The van der Waals surface area contributed by atoms with Crippen LogP contribution in [0.5, 0.6) is 0 Å². The zero-order valence-electron chi connectivity index (χ0n) is 20.2. The molecule has 34 heavy (non-hydrogen) atoms. The van der Waals surface area contributed by atoms with Crippen LogP contribution in [0, 0.1) is 0 Å². The fourth-order valence-electron chi connectivity index (χ4n) is 3.43. The monoisotopic (exact) mass is 476 g/mol. The number of pyridine rings is 1. The molecule has 1 radical (unpaired) electrons. The van der Waals surface area contributed by atoms with Crippen molar-refractivity contribution in [2.75, 3.05) is 16.9 Å². The molecule has 1 aromatic carbocycles. The molecule has 0 spiro atoms. The Morgan fingerprint density at radius 2 is 1.88 bits per heavy atom. The van der Waals surface area contributed by atoms with Gasteiger partial charge in [-0.2, -0.15) is 10.2 Å². The summed E-state index contributed by atoms with van der Waals surface area (Å²) in [5.41, 5.74) is 9.13. The Morgan fingerprint density at radius 3 is 2.50 bits per heavy atom. The normalized spacial score (nSPS) is 11.2. The van der Waals surface area contributed by atoms with Crippen LogP contribution in [-0.4, -0.2) is 51.5 Å². The molecular formula is C23H31AlN9O. The van der Waals surface area contributed by atoms with Gasteiger partial charge in [-0.3, -0.25) is 14.4 Å². The van der Waals surface area contributed by atoms with E-state index in [-0.39, 0.29) is 6.61 Å². The number of nitrogens with two attached hydrogens (primary N) is 2. The van der Waals surface area contributed by atoms with Gasteiger partial charge in [0.1, 0.15) is 11.6 Å². The minimum Gasteiger partial charge on any atom is -0.403 e. The highest BCUT2D eigenvalue weighted by atomic mass is 27.1. The maximum absolute atomic E-state index is 9.59. The first-order valence-corrected chi connectivity index (χ1v) is 12.8. The molecule has 0 saturated heterocycles. The summed E-state index contributed by atoms with van der Waals surface area (Å²) < 4.78 is 4.79. The number of nitrogens with one attached hydrogen (secondary N) is 1. The maximum atomic E-state index is 9.59. The van der Waals surface area contributed by atoms with Gasteiger partial charge in [-0.25, -0.2) is 10.8 Å². The number of aliphatic hydroxyl groups excluding tert-OH is 1. The van der Waals surface area contributed by atoms with Gasteiger partial charge in [0.15, 0.2) is 5.65 Å². The molecule has 3 aromatic heterocycles. The lowest BCUT2D eigenvalue weighted by atomic mass is 10.1. The predicted molar refractivity (Wildman–Crippen MR) is 139 cm³/mol. The number of rotatable bonds is 7. The van der Waals surface area contributed by atoms with E-state index in [9.17, 15) is 5.11 Å². The van der Waals surface area contributed by atoms with Crippen molar-refractivity contribution in [1.82, 2.24) is 24.5 Å². The third kappa shape index (κ3) is 5.08. The maximum Gasteiger partial charge on any atom is 0.246 e. The van der Waals surface area contributed by atoms with Crippen LogP contribution in [0.15, 0.2) is 54.5 Å². The number of fused-ring (bicyclic) bond motifs is 1. The molecule has 0 fully saturated rings. The van der Waals surface area contributed by atoms with Gasteiger partial charge in [0.2, 0.25) is 15.2 Å². The van der Waals surface area contributed by atoms with Crippen LogP contribution in [0.3, 0.4) is 0 Å². The second-order valence-corrected chi connectivity index (χ2v) is 8.54. The van der Waals surface area contributed by atoms with E-state index in [2.05, 4.69) is 50.5 Å². The third-order valence-corrected chi connectivity index (χ3v) is 6.33. The highest BCUT2D eigenvalue weighted by Crippen LogP contribution is 2.30. The average molecular weight is 477 g/mol. The topological polar surface area (TPSA) is 136 Å². The van der Waals surface area contributed by atoms with Gasteiger partial charge in [-0.1, -0.05) is 38.1 Å². The Morgan fingerprint density at radius 1 is 1.18 bits per heavy atom. The molecule has 0 atom stereocenters. The van der Waals surface area contributed by atoms with E-state index in [0.29, 0.717) is 38.1 Å². The van der Waals surface area contributed by atoms with Crippen LogP contribution in [0.25, 0.3) is 22.3 Å². The molecule has 4 aromatic rings. The van der Waals surface area contributed by atoms with E-state index in [1.54, 1.807) is 28.7 Å². The van der Waals surface area contributed by atoms with Crippen molar-refractivity contribution < 1.29 is 5.11 Å². The molecular weight excluding hydrogens is 445 g/mol. The third-order valence-electron chi connectivity index (χ3n) is 5.28. The van der Waals surface area contributed by atoms with Gasteiger partial charge in [0.25, 0.3) is 0 Å². The van der Waals surface area contributed by atoms with Crippen LogP contribution in [0.1, 0.15) is 13.8 Å². The number of aromatic nitrogens is 5. The lowest BCUT2D eigenvalue weighted by molar-refractivity contribution is 0.327. The van der Waals surface area contributed by atoms with Gasteiger partial charge >= 0.3 is 0 Å². The molecule has 0 unspecified atom stereocenters. The van der Waals surface area contributed by atoms with Crippen molar-refractivity contribution >= 4 is 48.0 Å². The van der Waals surface area contributed by atoms with E-state index in [1.165, 1.54) is 15.6 Å². The summed E-state index contributed by atoms with van der Waals surface area (Å²) >= 11 is 0.291. The van der Waals surface area contributed by atoms with E-state index in [1.807, 2.05) is 27.0 Å². The van der Waals surface area contributed by atoms with Crippen molar-refractivity contribution in [1.29, 1.82) is 0 Å². The summed E-state index contributed by atoms with van der Waals surface area (Å²) in [5.74, 6) is 9.79. The minimum absolute atomic E-state index is 0.291. The molecule has 0 aliphatic heterocycles. The molecule has 0 aliphatic carbocycles. The fraction of sp³-hybridized carbons (Fsp3) is 0.261. The van der Waals surface area contributed by atoms with Crippen molar-refractivity contribution in [2.24, 2.45) is 25.7 Å². The Labute approximate surface area is 205 Å². The number of hydrazine groups is 1. The minimum atomic E-state index is -0.302. The number of aryl methyl sites for hydroxylation is 2. The van der Waals surface area contributed by atoms with Gasteiger partial charge in [-0.05, 0) is 0 Å². The van der Waals surface area contributed by atoms with E-state index in [4.69, 9.17) is 11.6 Å². The summed E-state index contributed by atoms with van der Waals surface area (Å²) in [4.78, 5) is 4.69. The number of aliphatic hydroxyl groups is 1. The summed E-state index contributed by atoms with van der Waals surface area (Å²) in [5, 5.41) is 23.9. The Balaban J connectivity index is 0.00000158. The van der Waals surface area contributed by atoms with E-state index < -0.39 is 0 Å². The fourth-order valence-corrected chi connectivity index (χ4v) is 4.01. The van der Waals surface area contributed by atoms with Gasteiger partial charge in [0, 0.05) is 38.0 Å². The zero-order chi connectivity index (χ0) is 24.8. The summed E-state index contributed by atoms with van der Waals surface area (Å²) in [6, 6.07) is 12.2. The molecule has 0 saturated carbocycles. The largest absolute Gasteiger partial charge is 0.403 e. The highest BCUT2D eigenvalue weighted by Gasteiger charge is 2.17. The summed E-state index contributed by atoms with van der Waals surface area (Å²) in [7, 11) is 3.68. The Kier molecular flexibility index (Phi) is 8.31. The van der Waals surface area contributed by atoms with Gasteiger partial charge in [0.05, 0.1) is 35.3 Å². The molecule has 0 amide bonds. The van der Waals surface area contributed by atoms with Crippen molar-refractivity contribution in [3.8, 4) is 11.3 Å². The molecule has 0 bridgehead atoms. The van der Waals surface area contributed by atoms with Crippen LogP contribution >= 0.6 is 0 Å². The summed E-state index contributed by atoms with van der Waals surface area (Å²) in [6.45, 7) is 3.70. The number of benzene rings is 1. The molecule has 11 heteroatoms. The summed E-state index contributed by atoms with van der Waals surface area (Å²) in [6.07, 6.45) is 2.95. The lowest BCUT2D eigenvalue weighted by Crippen LogP contribution is -2.32. The van der Waals surface area contributed by atoms with Crippen LogP contribution in [0.2, 0.25) is 5.79 Å². The van der Waals surface area contributed by atoms with Crippen molar-refractivity contribution in [3.63, 3.8) is 0 Å². The van der Waals surface area contributed by atoms with Crippen LogP contribution in [-0.2, 0) is 14.1 Å². The number of anilines is 3. The van der Waals surface area contributed by atoms with Gasteiger partial charge < -0.3 is 16.2 Å². The van der Waals surface area contributed by atoms with Gasteiger partial charge in [-0.15, -0.1) is 10.2 Å². The second kappa shape index (κ2) is 11.2. The lowest BCUT2D eigenvalue weighted by Gasteiger charge is -2.21. The first kappa shape index (κ1) is 25.3. The van der Waals surface area contributed by atoms with Crippen LogP contribution < -0.4 is 26.3 Å². The molecule has 10 nitrogen and oxygen atoms in total. The number of hydrogen-bond acceptors (Lipinski definition) is 8. The first-order chi connectivity index (χ1) is 16.4. The van der Waals surface area contributed by atoms with Crippen molar-refractivity contribution in [2.45, 2.75) is 19.6 Å². The smallest absolute Gasteiger partial charge is 0.246 e. The molecule has 6 N–H and O–H groups in total. The quantitative estimate of drug-likeness (QED) is 0.181. The average Bonchev–Trinajstić information content (AvgIpc) is 3.43. The second-order valence-electron chi connectivity index (χ2n) is 7.29. The van der Waals surface area contributed by atoms with Crippen LogP contribution in [0.4, 0.5) is 17.3 Å². The Hall–Kier alpha value is -3.36.